The molecule has 0 saturated carbocycles. The third-order valence-electron chi connectivity index (χ3n) is 2.48. The predicted molar refractivity (Wildman–Crippen MR) is 68.3 cm³/mol. The van der Waals surface area contributed by atoms with E-state index in [0.29, 0.717) is 17.1 Å². The second kappa shape index (κ2) is 4.75. The minimum absolute atomic E-state index is 0.318. The van der Waals surface area contributed by atoms with Gasteiger partial charge in [-0.1, -0.05) is 12.1 Å². The zero-order valence-electron chi connectivity index (χ0n) is 9.60. The van der Waals surface area contributed by atoms with Gasteiger partial charge in [0.25, 0.3) is 0 Å². The highest BCUT2D eigenvalue weighted by Gasteiger charge is 2.13. The Balaban J connectivity index is 2.15. The van der Waals surface area contributed by atoms with Crippen molar-refractivity contribution < 1.29 is 8.42 Å². The van der Waals surface area contributed by atoms with Gasteiger partial charge < -0.3 is 10.6 Å². The van der Waals surface area contributed by atoms with Gasteiger partial charge in [0.2, 0.25) is 0 Å². The number of amidine groups is 1. The Morgan fingerprint density at radius 1 is 1.41 bits per heavy atom. The Morgan fingerprint density at radius 3 is 2.82 bits per heavy atom. The summed E-state index contributed by atoms with van der Waals surface area (Å²) in [5.41, 5.74) is 0.617. The number of hydrogen-bond donors (Lipinski definition) is 2. The maximum absolute atomic E-state index is 11.6. The van der Waals surface area contributed by atoms with Crippen LogP contribution in [0.2, 0.25) is 0 Å². The first kappa shape index (κ1) is 11.9. The maximum atomic E-state index is 11.6. The van der Waals surface area contributed by atoms with Crippen LogP contribution in [0.1, 0.15) is 0 Å². The van der Waals surface area contributed by atoms with Crippen LogP contribution >= 0.6 is 0 Å². The first-order valence-electron chi connectivity index (χ1n) is 5.37. The lowest BCUT2D eigenvalue weighted by atomic mass is 10.3. The number of hydrogen-bond acceptors (Lipinski definition) is 5. The van der Waals surface area contributed by atoms with Gasteiger partial charge in [-0.05, 0) is 12.1 Å². The van der Waals surface area contributed by atoms with Crippen LogP contribution < -0.4 is 10.6 Å². The summed E-state index contributed by atoms with van der Waals surface area (Å²) in [7, 11) is -3.20. The van der Waals surface area contributed by atoms with Crippen LogP contribution in [-0.2, 0) is 9.84 Å². The van der Waals surface area contributed by atoms with Crippen molar-refractivity contribution in [2.24, 2.45) is 4.99 Å². The standard InChI is InChI=1S/C11H15N3O2S/c1-17(15,16)10-5-3-2-4-9(10)14-8-11-12-6-7-13-11/h2-5,14H,6-8H2,1H3,(H,12,13). The molecule has 1 aliphatic heterocycles. The van der Waals surface area contributed by atoms with Crippen LogP contribution in [0.3, 0.4) is 0 Å². The number of benzene rings is 1. The second-order valence-electron chi connectivity index (χ2n) is 3.88. The molecule has 1 aromatic carbocycles. The first-order chi connectivity index (χ1) is 8.07. The molecule has 0 saturated heterocycles. The zero-order chi connectivity index (χ0) is 12.3. The van der Waals surface area contributed by atoms with Crippen molar-refractivity contribution in [2.75, 3.05) is 31.2 Å². The van der Waals surface area contributed by atoms with Crippen molar-refractivity contribution in [1.29, 1.82) is 0 Å². The van der Waals surface area contributed by atoms with Gasteiger partial charge in [0.15, 0.2) is 9.84 Å². The van der Waals surface area contributed by atoms with Gasteiger partial charge in [0.05, 0.1) is 23.7 Å². The molecule has 1 aromatic rings. The Hall–Kier alpha value is -1.56. The molecule has 0 bridgehead atoms. The quantitative estimate of drug-likeness (QED) is 0.820. The minimum atomic E-state index is -3.20. The predicted octanol–water partition coefficient (Wildman–Crippen LogP) is 0.504. The highest BCUT2D eigenvalue weighted by atomic mass is 32.2. The molecule has 0 radical (unpaired) electrons. The third kappa shape index (κ3) is 2.97. The molecule has 0 aromatic heterocycles. The molecular formula is C11H15N3O2S. The number of nitrogens with one attached hydrogen (secondary N) is 2. The molecule has 17 heavy (non-hydrogen) atoms. The van der Waals surface area contributed by atoms with E-state index in [2.05, 4.69) is 15.6 Å². The summed E-state index contributed by atoms with van der Waals surface area (Å²) in [6.07, 6.45) is 1.21. The lowest BCUT2D eigenvalue weighted by Gasteiger charge is -2.10. The molecule has 0 spiro atoms. The Morgan fingerprint density at radius 2 is 2.18 bits per heavy atom. The summed E-state index contributed by atoms with van der Waals surface area (Å²) in [6.45, 7) is 2.15. The molecule has 0 amide bonds. The van der Waals surface area contributed by atoms with Gasteiger partial charge in [-0.15, -0.1) is 0 Å². The van der Waals surface area contributed by atoms with Gasteiger partial charge >= 0.3 is 0 Å². The van der Waals surface area contributed by atoms with Crippen molar-refractivity contribution in [3.8, 4) is 0 Å². The fourth-order valence-electron chi connectivity index (χ4n) is 1.68. The summed E-state index contributed by atoms with van der Waals surface area (Å²) < 4.78 is 23.1. The Kier molecular flexibility index (Phi) is 3.33. The van der Waals surface area contributed by atoms with Crippen molar-refractivity contribution in [3.63, 3.8) is 0 Å². The monoisotopic (exact) mass is 253 g/mol. The number of rotatable bonds is 4. The van der Waals surface area contributed by atoms with Gasteiger partial charge in [-0.3, -0.25) is 4.99 Å². The van der Waals surface area contributed by atoms with Crippen LogP contribution in [0.15, 0.2) is 34.2 Å². The maximum Gasteiger partial charge on any atom is 0.177 e. The molecule has 0 fully saturated rings. The van der Waals surface area contributed by atoms with E-state index in [1.165, 1.54) is 6.26 Å². The molecule has 0 aliphatic carbocycles. The third-order valence-corrected chi connectivity index (χ3v) is 3.63. The van der Waals surface area contributed by atoms with E-state index in [4.69, 9.17) is 0 Å². The molecule has 0 atom stereocenters. The summed E-state index contributed by atoms with van der Waals surface area (Å²) in [4.78, 5) is 4.55. The van der Waals surface area contributed by atoms with Gasteiger partial charge in [-0.2, -0.15) is 0 Å². The summed E-state index contributed by atoms with van der Waals surface area (Å²) >= 11 is 0. The number of sulfone groups is 1. The minimum Gasteiger partial charge on any atom is -0.377 e. The molecule has 6 heteroatoms. The fraction of sp³-hybridized carbons (Fsp3) is 0.364. The molecule has 0 unspecified atom stereocenters. The number of nitrogens with zero attached hydrogens (tertiary/aromatic N) is 1. The average molecular weight is 253 g/mol. The van der Waals surface area contributed by atoms with E-state index in [0.717, 1.165) is 18.9 Å². The van der Waals surface area contributed by atoms with Crippen molar-refractivity contribution in [3.05, 3.63) is 24.3 Å². The van der Waals surface area contributed by atoms with Crippen molar-refractivity contribution >= 4 is 21.4 Å². The van der Waals surface area contributed by atoms with Gasteiger partial charge in [0, 0.05) is 12.8 Å². The lowest BCUT2D eigenvalue weighted by Crippen LogP contribution is -2.26. The van der Waals surface area contributed by atoms with Crippen molar-refractivity contribution in [1.82, 2.24) is 5.32 Å². The summed E-state index contributed by atoms with van der Waals surface area (Å²) in [5, 5.41) is 6.21. The van der Waals surface area contributed by atoms with Gasteiger partial charge in [-0.25, -0.2) is 8.42 Å². The topological polar surface area (TPSA) is 70.6 Å². The number of para-hydroxylation sites is 1. The Labute approximate surface area is 101 Å². The Bertz CT molecular complexity index is 537. The molecule has 1 aliphatic rings. The highest BCUT2D eigenvalue weighted by molar-refractivity contribution is 7.90. The molecular weight excluding hydrogens is 238 g/mol. The van der Waals surface area contributed by atoms with Crippen molar-refractivity contribution in [2.45, 2.75) is 4.90 Å². The van der Waals surface area contributed by atoms with E-state index in [9.17, 15) is 8.42 Å². The smallest absolute Gasteiger partial charge is 0.177 e. The average Bonchev–Trinajstić information content (AvgIpc) is 2.78. The highest BCUT2D eigenvalue weighted by Crippen LogP contribution is 2.20. The molecule has 1 heterocycles. The second-order valence-corrected chi connectivity index (χ2v) is 5.86. The first-order valence-corrected chi connectivity index (χ1v) is 7.26. The van der Waals surface area contributed by atoms with E-state index in [1.807, 2.05) is 0 Å². The van der Waals surface area contributed by atoms with Crippen LogP contribution in [0.25, 0.3) is 0 Å². The fourth-order valence-corrected chi connectivity index (χ4v) is 2.55. The SMILES string of the molecule is CS(=O)(=O)c1ccccc1NCC1=NCCN1. The van der Waals surface area contributed by atoms with E-state index in [-0.39, 0.29) is 0 Å². The van der Waals surface area contributed by atoms with Crippen LogP contribution in [0, 0.1) is 0 Å². The summed E-state index contributed by atoms with van der Waals surface area (Å²) in [6, 6.07) is 6.88. The molecule has 2 N–H and O–H groups in total. The van der Waals surface area contributed by atoms with Crippen LogP contribution in [-0.4, -0.2) is 40.1 Å². The lowest BCUT2D eigenvalue weighted by molar-refractivity contribution is 0.602. The van der Waals surface area contributed by atoms with Gasteiger partial charge in [0.1, 0.15) is 5.84 Å². The largest absolute Gasteiger partial charge is 0.377 e. The molecule has 5 nitrogen and oxygen atoms in total. The van der Waals surface area contributed by atoms with Crippen LogP contribution in [0.5, 0.6) is 0 Å². The van der Waals surface area contributed by atoms with Crippen LogP contribution in [0.4, 0.5) is 5.69 Å². The summed E-state index contributed by atoms with van der Waals surface area (Å²) in [5.74, 6) is 0.869. The number of aliphatic imine (C=N–C) groups is 1. The molecule has 2 rings (SSSR count). The zero-order valence-corrected chi connectivity index (χ0v) is 10.4. The van der Waals surface area contributed by atoms with E-state index < -0.39 is 9.84 Å². The molecule has 92 valence electrons. The number of anilines is 1. The van der Waals surface area contributed by atoms with E-state index >= 15 is 0 Å². The van der Waals surface area contributed by atoms with E-state index in [1.54, 1.807) is 24.3 Å². The normalized spacial score (nSPS) is 15.2.